The molecule has 6 N–H and O–H groups in total. The molecule has 2 aliphatic rings. The van der Waals surface area contributed by atoms with Gasteiger partial charge in [-0.15, -0.1) is 0 Å². The predicted octanol–water partition coefficient (Wildman–Crippen LogP) is 0.555. The van der Waals surface area contributed by atoms with E-state index in [-0.39, 0.29) is 19.1 Å². The fourth-order valence-electron chi connectivity index (χ4n) is 5.03. The van der Waals surface area contributed by atoms with Crippen molar-refractivity contribution in [3.63, 3.8) is 0 Å². The van der Waals surface area contributed by atoms with Crippen LogP contribution in [0.5, 0.6) is 0 Å². The number of aliphatic hydroxyl groups excluding tert-OH is 3. The van der Waals surface area contributed by atoms with Crippen molar-refractivity contribution in [3.05, 3.63) is 12.2 Å². The molecule has 0 bridgehead atoms. The molecule has 0 aromatic rings. The molecule has 0 aliphatic carbocycles. The fourth-order valence-corrected chi connectivity index (χ4v) is 6.26. The lowest BCUT2D eigenvalue weighted by atomic mass is 9.82. The summed E-state index contributed by atoms with van der Waals surface area (Å²) in [5.74, 6) is -0.601. The van der Waals surface area contributed by atoms with E-state index in [0.29, 0.717) is 19.3 Å². The maximum atomic E-state index is 11.5. The van der Waals surface area contributed by atoms with Gasteiger partial charge < -0.3 is 58.8 Å². The molecule has 10 atom stereocenters. The predicted molar refractivity (Wildman–Crippen MR) is 172 cm³/mol. The molecule has 1 amide bonds. The molecule has 2 unspecified atom stereocenters. The van der Waals surface area contributed by atoms with Crippen molar-refractivity contribution in [1.29, 1.82) is 0 Å². The van der Waals surface area contributed by atoms with E-state index in [1.54, 1.807) is 7.11 Å². The summed E-state index contributed by atoms with van der Waals surface area (Å²) in [5, 5.41) is 35.6. The number of hydrogen-bond donors (Lipinski definition) is 6. The summed E-state index contributed by atoms with van der Waals surface area (Å²) >= 11 is 10.4. The van der Waals surface area contributed by atoms with Crippen molar-refractivity contribution < 1.29 is 53.0 Å². The van der Waals surface area contributed by atoms with Gasteiger partial charge in [-0.2, -0.15) is 0 Å². The van der Waals surface area contributed by atoms with Crippen LogP contribution < -0.4 is 10.6 Å². The second-order valence-electron chi connectivity index (χ2n) is 10.8. The van der Waals surface area contributed by atoms with E-state index < -0.39 is 68.1 Å². The lowest BCUT2D eigenvalue weighted by Gasteiger charge is -2.42. The second-order valence-corrected chi connectivity index (χ2v) is 14.2. The molecular formula is C27H48BN2O11PS2. The van der Waals surface area contributed by atoms with Crippen LogP contribution in [-0.2, 0) is 44.6 Å². The van der Waals surface area contributed by atoms with Gasteiger partial charge in [0, 0.05) is 46.2 Å². The van der Waals surface area contributed by atoms with Crippen molar-refractivity contribution in [2.75, 3.05) is 40.6 Å². The number of rotatable bonds is 20. The number of amides is 1. The Balaban J connectivity index is 1.61. The highest BCUT2D eigenvalue weighted by molar-refractivity contribution is 8.07. The minimum Gasteiger partial charge on any atom is -0.394 e. The maximum absolute atomic E-state index is 11.5. The Bertz CT molecular complexity index is 955. The summed E-state index contributed by atoms with van der Waals surface area (Å²) in [4.78, 5) is 22.4. The van der Waals surface area contributed by atoms with Crippen LogP contribution in [0.15, 0.2) is 12.2 Å². The van der Waals surface area contributed by atoms with Crippen LogP contribution in [0.2, 0.25) is 0 Å². The van der Waals surface area contributed by atoms with Crippen molar-refractivity contribution in [2.45, 2.75) is 101 Å². The smallest absolute Gasteiger partial charge is 0.324 e. The van der Waals surface area contributed by atoms with Gasteiger partial charge in [0.1, 0.15) is 44.4 Å². The Kier molecular flexibility index (Phi) is 18.5. The Morgan fingerprint density at radius 2 is 1.84 bits per heavy atom. The number of carbonyl (C=O) groups excluding carboxylic acids is 1. The molecule has 13 nitrogen and oxygen atoms in total. The van der Waals surface area contributed by atoms with E-state index in [1.165, 1.54) is 14.0 Å². The van der Waals surface area contributed by atoms with Gasteiger partial charge >= 0.3 is 6.72 Å². The first-order valence-electron chi connectivity index (χ1n) is 14.8. The lowest BCUT2D eigenvalue weighted by Crippen LogP contribution is -2.64. The number of carbonyl (C=O) groups is 1. The molecular weight excluding hydrogens is 634 g/mol. The normalized spacial score (nSPS) is 32.0. The minimum atomic E-state index is -3.39. The molecule has 2 heterocycles. The van der Waals surface area contributed by atoms with Gasteiger partial charge in [0.2, 0.25) is 5.91 Å². The highest BCUT2D eigenvalue weighted by atomic mass is 32.5. The van der Waals surface area contributed by atoms with Gasteiger partial charge in [0.15, 0.2) is 6.29 Å². The molecule has 2 saturated heterocycles. The molecule has 252 valence electrons. The summed E-state index contributed by atoms with van der Waals surface area (Å²) in [7, 11) is 9.04. The number of aliphatic hydroxyl groups is 3. The molecule has 17 heteroatoms. The fraction of sp³-hybridized carbons (Fsp3) is 0.852. The van der Waals surface area contributed by atoms with Gasteiger partial charge in [-0.25, -0.2) is 0 Å². The largest absolute Gasteiger partial charge is 0.394 e. The number of methoxy groups -OCH3 is 1. The molecule has 0 saturated carbocycles. The average Bonchev–Trinajstić information content (AvgIpc) is 3.25. The summed E-state index contributed by atoms with van der Waals surface area (Å²) in [6.45, 7) is -1.28. The van der Waals surface area contributed by atoms with Gasteiger partial charge in [-0.1, -0.05) is 24.4 Å². The molecule has 2 rings (SSSR count). The number of unbranched alkanes of at least 4 members (excludes halogenated alkanes) is 3. The quantitative estimate of drug-likeness (QED) is 0.0345. The Morgan fingerprint density at radius 1 is 1.09 bits per heavy atom. The van der Waals surface area contributed by atoms with E-state index in [9.17, 15) is 25.0 Å². The maximum Gasteiger partial charge on any atom is 0.324 e. The molecule has 0 spiro atoms. The van der Waals surface area contributed by atoms with Crippen LogP contribution in [0.1, 0.15) is 51.9 Å². The van der Waals surface area contributed by atoms with E-state index in [1.807, 2.05) is 6.08 Å². The van der Waals surface area contributed by atoms with Crippen molar-refractivity contribution in [3.8, 4) is 0 Å². The monoisotopic (exact) mass is 682 g/mol. The highest BCUT2D eigenvalue weighted by Crippen LogP contribution is 2.48. The first kappa shape index (κ1) is 39.6. The summed E-state index contributed by atoms with van der Waals surface area (Å²) < 4.78 is 32.9. The van der Waals surface area contributed by atoms with Gasteiger partial charge in [0.25, 0.3) is 0 Å². The summed E-state index contributed by atoms with van der Waals surface area (Å²) in [6, 6.07) is -1.53. The van der Waals surface area contributed by atoms with E-state index in [0.717, 1.165) is 37.2 Å². The van der Waals surface area contributed by atoms with E-state index in [2.05, 4.69) is 16.7 Å². The van der Waals surface area contributed by atoms with Crippen LogP contribution in [0.25, 0.3) is 0 Å². The third kappa shape index (κ3) is 13.3. The molecule has 0 aromatic heterocycles. The number of hydrogen-bond acceptors (Lipinski definition) is 12. The zero-order valence-corrected chi connectivity index (χ0v) is 28.1. The standard InChI is InChI=1S/C27H48BN2O11PS2/c1-17(32)30-22-24(34)23(33)19(15-31)40-27(22)38-14-10-8-12-21(43)29-13-9-6-4-5-7-11-18-25(41-42(35,44)37-3)20(16-36-2)39-26(18)28/h5,7,18-20,22-27,31,33-34H,4,6,8-16H2,1-3H3,(H,29,43)(H,30,32)(H,35,44)/b7-5+/t18-,19+,20+,22+,23-,24+,25?,26+,27+,42?/m0/s1. The topological polar surface area (TPSA) is 177 Å². The Labute approximate surface area is 272 Å². The first-order valence-corrected chi connectivity index (χ1v) is 17.8. The molecule has 0 aromatic carbocycles. The SMILES string of the molecule is [B][C@@H]1O[C@H](COC)C(OP(O)(=S)OC)[C@@H]1C/C=C/CCCCNC(=S)CCCCO[C@@H]1O[C@H](CO)[C@H](O)[C@H](O)[C@H]1NC(C)=O. The molecule has 44 heavy (non-hydrogen) atoms. The third-order valence-corrected chi connectivity index (χ3v) is 9.41. The number of ether oxygens (including phenoxy) is 4. The molecule has 2 fully saturated rings. The van der Waals surface area contributed by atoms with Crippen LogP contribution in [0.3, 0.4) is 0 Å². The van der Waals surface area contributed by atoms with Crippen LogP contribution in [0, 0.1) is 5.92 Å². The highest BCUT2D eigenvalue weighted by Gasteiger charge is 2.46. The zero-order valence-electron chi connectivity index (χ0n) is 25.6. The van der Waals surface area contributed by atoms with Crippen LogP contribution in [0.4, 0.5) is 0 Å². The second kappa shape index (κ2) is 20.6. The number of nitrogens with one attached hydrogen (secondary N) is 2. The molecule has 2 aliphatic heterocycles. The minimum absolute atomic E-state index is 0.203. The van der Waals surface area contributed by atoms with Gasteiger partial charge in [-0.05, 0) is 56.8 Å². The zero-order chi connectivity index (χ0) is 32.7. The van der Waals surface area contributed by atoms with Gasteiger partial charge in [0.05, 0.1) is 18.2 Å². The first-order chi connectivity index (χ1) is 20.9. The van der Waals surface area contributed by atoms with E-state index >= 15 is 0 Å². The van der Waals surface area contributed by atoms with Gasteiger partial charge in [-0.3, -0.25) is 4.79 Å². The molecule has 2 radical (unpaired) electrons. The number of thiocarbonyl (C=S) groups is 1. The van der Waals surface area contributed by atoms with Crippen molar-refractivity contribution in [1.82, 2.24) is 10.6 Å². The summed E-state index contributed by atoms with van der Waals surface area (Å²) in [6.07, 6.45) is 3.95. The Morgan fingerprint density at radius 3 is 2.50 bits per heavy atom. The van der Waals surface area contributed by atoms with E-state index in [4.69, 9.17) is 59.9 Å². The average molecular weight is 683 g/mol. The van der Waals surface area contributed by atoms with Crippen LogP contribution >= 0.6 is 18.9 Å². The lowest BCUT2D eigenvalue weighted by molar-refractivity contribution is -0.270. The van der Waals surface area contributed by atoms with Crippen molar-refractivity contribution in [2.24, 2.45) is 5.92 Å². The third-order valence-electron chi connectivity index (χ3n) is 7.38. The van der Waals surface area contributed by atoms with Crippen LogP contribution in [-0.4, -0.2) is 128 Å². The Hall–Kier alpha value is -0.585. The number of allylic oxidation sites excluding steroid dienone is 2. The summed E-state index contributed by atoms with van der Waals surface area (Å²) in [5.41, 5.74) is 0. The van der Waals surface area contributed by atoms with Crippen molar-refractivity contribution >= 4 is 49.5 Å².